The van der Waals surface area contributed by atoms with Crippen LogP contribution in [0.5, 0.6) is 0 Å². The van der Waals surface area contributed by atoms with Gasteiger partial charge in [-0.3, -0.25) is 0 Å². The molecule has 192 valence electrons. The van der Waals surface area contributed by atoms with Crippen molar-refractivity contribution >= 4 is 17.9 Å². The Kier molecular flexibility index (Phi) is 14.8. The number of aryl methyl sites for hydroxylation is 1. The van der Waals surface area contributed by atoms with Crippen LogP contribution < -0.4 is 0 Å². The number of unbranched alkanes of at least 4 members (excludes halogenated alkanes) is 6. The van der Waals surface area contributed by atoms with Crippen LogP contribution in [0.3, 0.4) is 0 Å². The first-order valence-corrected chi connectivity index (χ1v) is 12.3. The van der Waals surface area contributed by atoms with Crippen molar-refractivity contribution < 1.29 is 38.4 Å². The standard InChI is InChI=1S/C26H40O8/c1-4-31-23(27)22(26(30,24(28)32-5-2)25(29)33-6-3)34-20-16-11-9-7-8-10-13-17-21-18-14-12-15-19-21/h12,14-15,18-19,22,30H,4-11,13,16-17,20H2,1-3H3. The van der Waals surface area contributed by atoms with E-state index < -0.39 is 29.6 Å². The summed E-state index contributed by atoms with van der Waals surface area (Å²) in [5.74, 6) is -3.63. The van der Waals surface area contributed by atoms with E-state index in [0.29, 0.717) is 6.42 Å². The van der Waals surface area contributed by atoms with Gasteiger partial charge in [0.2, 0.25) is 6.10 Å². The highest BCUT2D eigenvalue weighted by Gasteiger charge is 2.58. The van der Waals surface area contributed by atoms with Crippen LogP contribution in [0.15, 0.2) is 30.3 Å². The van der Waals surface area contributed by atoms with Gasteiger partial charge in [0.25, 0.3) is 5.60 Å². The number of hydrogen-bond donors (Lipinski definition) is 1. The summed E-state index contributed by atoms with van der Waals surface area (Å²) < 4.78 is 20.1. The topological polar surface area (TPSA) is 108 Å². The Balaban J connectivity index is 2.49. The van der Waals surface area contributed by atoms with Gasteiger partial charge >= 0.3 is 17.9 Å². The fourth-order valence-electron chi connectivity index (χ4n) is 3.52. The average Bonchev–Trinajstić information content (AvgIpc) is 2.83. The lowest BCUT2D eigenvalue weighted by atomic mass is 9.96. The molecular weight excluding hydrogens is 440 g/mol. The SMILES string of the molecule is CCOC(=O)C(OCCCCCCCCCc1ccccc1)C(O)(C(=O)OCC)C(=O)OCC. The molecule has 1 atom stereocenters. The molecule has 1 aromatic carbocycles. The molecule has 1 unspecified atom stereocenters. The highest BCUT2D eigenvalue weighted by atomic mass is 16.6. The zero-order valence-electron chi connectivity index (χ0n) is 20.8. The minimum Gasteiger partial charge on any atom is -0.464 e. The minimum absolute atomic E-state index is 0.00923. The number of carbonyl (C=O) groups is 3. The first-order valence-electron chi connectivity index (χ1n) is 12.3. The van der Waals surface area contributed by atoms with Crippen molar-refractivity contribution in [3.05, 3.63) is 35.9 Å². The molecule has 0 spiro atoms. The monoisotopic (exact) mass is 480 g/mol. The van der Waals surface area contributed by atoms with Gasteiger partial charge in [0.15, 0.2) is 0 Å². The van der Waals surface area contributed by atoms with E-state index in [1.165, 1.54) is 25.8 Å². The quantitative estimate of drug-likeness (QED) is 0.146. The second-order valence-electron chi connectivity index (χ2n) is 7.92. The molecule has 0 radical (unpaired) electrons. The summed E-state index contributed by atoms with van der Waals surface area (Å²) in [4.78, 5) is 37.3. The average molecular weight is 481 g/mol. The number of aliphatic hydroxyl groups is 1. The maximum absolute atomic E-state index is 12.5. The van der Waals surface area contributed by atoms with Crippen LogP contribution in [0.25, 0.3) is 0 Å². The molecule has 0 fully saturated rings. The molecule has 1 aromatic rings. The predicted molar refractivity (Wildman–Crippen MR) is 127 cm³/mol. The Morgan fingerprint density at radius 1 is 0.765 bits per heavy atom. The minimum atomic E-state index is -2.93. The fourth-order valence-corrected chi connectivity index (χ4v) is 3.52. The second-order valence-corrected chi connectivity index (χ2v) is 7.92. The summed E-state index contributed by atoms with van der Waals surface area (Å²) in [7, 11) is 0. The van der Waals surface area contributed by atoms with Crippen LogP contribution in [0.2, 0.25) is 0 Å². The third-order valence-electron chi connectivity index (χ3n) is 5.29. The van der Waals surface area contributed by atoms with Crippen LogP contribution in [-0.4, -0.2) is 61.1 Å². The zero-order valence-corrected chi connectivity index (χ0v) is 20.8. The van der Waals surface area contributed by atoms with Crippen molar-refractivity contribution in [1.29, 1.82) is 0 Å². The number of carbonyl (C=O) groups excluding carboxylic acids is 3. The molecule has 34 heavy (non-hydrogen) atoms. The Morgan fingerprint density at radius 3 is 1.79 bits per heavy atom. The van der Waals surface area contributed by atoms with Crippen LogP contribution in [0.1, 0.15) is 71.3 Å². The lowest BCUT2D eigenvalue weighted by Gasteiger charge is -2.30. The summed E-state index contributed by atoms with van der Waals surface area (Å²) in [6.45, 7) is 4.48. The number of benzene rings is 1. The van der Waals surface area contributed by atoms with Gasteiger partial charge in [-0.05, 0) is 45.6 Å². The molecular formula is C26H40O8. The van der Waals surface area contributed by atoms with Gasteiger partial charge in [0.1, 0.15) is 0 Å². The predicted octanol–water partition coefficient (Wildman–Crippen LogP) is 3.77. The number of rotatable bonds is 18. The third-order valence-corrected chi connectivity index (χ3v) is 5.29. The molecule has 1 N–H and O–H groups in total. The van der Waals surface area contributed by atoms with Crippen molar-refractivity contribution in [3.63, 3.8) is 0 Å². The Labute approximate surface area is 202 Å². The van der Waals surface area contributed by atoms with Gasteiger partial charge in [0, 0.05) is 6.61 Å². The highest BCUT2D eigenvalue weighted by molar-refractivity contribution is 6.08. The normalized spacial score (nSPS) is 12.1. The maximum atomic E-state index is 12.5. The van der Waals surface area contributed by atoms with E-state index in [1.54, 1.807) is 6.92 Å². The molecule has 0 amide bonds. The van der Waals surface area contributed by atoms with E-state index in [4.69, 9.17) is 18.9 Å². The first kappa shape index (κ1) is 29.6. The van der Waals surface area contributed by atoms with Gasteiger partial charge in [-0.2, -0.15) is 0 Å². The molecule has 0 saturated heterocycles. The lowest BCUT2D eigenvalue weighted by Crippen LogP contribution is -2.61. The van der Waals surface area contributed by atoms with Crippen molar-refractivity contribution in [2.45, 2.75) is 83.8 Å². The van der Waals surface area contributed by atoms with Crippen LogP contribution in [-0.2, 0) is 39.8 Å². The van der Waals surface area contributed by atoms with Crippen molar-refractivity contribution in [2.24, 2.45) is 0 Å². The highest BCUT2D eigenvalue weighted by Crippen LogP contribution is 2.22. The molecule has 8 nitrogen and oxygen atoms in total. The zero-order chi connectivity index (χ0) is 25.2. The second kappa shape index (κ2) is 17.1. The molecule has 0 aromatic heterocycles. The number of ether oxygens (including phenoxy) is 4. The summed E-state index contributed by atoms with van der Waals surface area (Å²) >= 11 is 0. The van der Waals surface area contributed by atoms with E-state index in [-0.39, 0.29) is 26.4 Å². The molecule has 0 aliphatic carbocycles. The molecule has 0 aliphatic rings. The van der Waals surface area contributed by atoms with Crippen LogP contribution >= 0.6 is 0 Å². The lowest BCUT2D eigenvalue weighted by molar-refractivity contribution is -0.208. The molecule has 8 heteroatoms. The van der Waals surface area contributed by atoms with Crippen molar-refractivity contribution in [2.75, 3.05) is 26.4 Å². The summed E-state index contributed by atoms with van der Waals surface area (Å²) in [6, 6.07) is 10.4. The van der Waals surface area contributed by atoms with E-state index in [1.807, 2.05) is 6.07 Å². The van der Waals surface area contributed by atoms with E-state index in [0.717, 1.165) is 38.5 Å². The Morgan fingerprint density at radius 2 is 1.26 bits per heavy atom. The summed E-state index contributed by atoms with van der Waals surface area (Å²) in [5, 5.41) is 10.9. The van der Waals surface area contributed by atoms with Gasteiger partial charge in [-0.25, -0.2) is 14.4 Å². The van der Waals surface area contributed by atoms with Gasteiger partial charge in [0.05, 0.1) is 19.8 Å². The smallest absolute Gasteiger partial charge is 0.353 e. The number of hydrogen-bond acceptors (Lipinski definition) is 8. The number of esters is 3. The molecule has 1 rings (SSSR count). The summed E-state index contributed by atoms with van der Waals surface area (Å²) in [5.41, 5.74) is -1.57. The third kappa shape index (κ3) is 9.81. The Bertz CT molecular complexity index is 701. The molecule has 0 aliphatic heterocycles. The molecule has 0 saturated carbocycles. The summed E-state index contributed by atoms with van der Waals surface area (Å²) in [6.07, 6.45) is 6.23. The van der Waals surface area contributed by atoms with Crippen LogP contribution in [0.4, 0.5) is 0 Å². The molecule has 0 heterocycles. The first-order chi connectivity index (χ1) is 16.4. The van der Waals surface area contributed by atoms with E-state index >= 15 is 0 Å². The largest absolute Gasteiger partial charge is 0.464 e. The molecule has 0 bridgehead atoms. The fraction of sp³-hybridized carbons (Fsp3) is 0.654. The van der Waals surface area contributed by atoms with Crippen LogP contribution in [0, 0.1) is 0 Å². The van der Waals surface area contributed by atoms with Crippen molar-refractivity contribution in [3.8, 4) is 0 Å². The van der Waals surface area contributed by atoms with Gasteiger partial charge in [-0.15, -0.1) is 0 Å². The maximum Gasteiger partial charge on any atom is 0.353 e. The van der Waals surface area contributed by atoms with Gasteiger partial charge < -0.3 is 24.1 Å². The Hall–Kier alpha value is -2.45. The van der Waals surface area contributed by atoms with E-state index in [9.17, 15) is 19.5 Å². The van der Waals surface area contributed by atoms with Crippen molar-refractivity contribution in [1.82, 2.24) is 0 Å². The van der Waals surface area contributed by atoms with Gasteiger partial charge in [-0.1, -0.05) is 62.4 Å². The van der Waals surface area contributed by atoms with E-state index in [2.05, 4.69) is 24.3 Å².